The highest BCUT2D eigenvalue weighted by atomic mass is 16.5. The van der Waals surface area contributed by atoms with Crippen molar-refractivity contribution in [3.63, 3.8) is 0 Å². The van der Waals surface area contributed by atoms with Crippen LogP contribution in [0.15, 0.2) is 42.5 Å². The van der Waals surface area contributed by atoms with Crippen LogP contribution in [-0.4, -0.2) is 21.3 Å². The Labute approximate surface area is 143 Å². The van der Waals surface area contributed by atoms with Crippen LogP contribution in [0.2, 0.25) is 0 Å². The third-order valence-electron chi connectivity index (χ3n) is 4.00. The summed E-state index contributed by atoms with van der Waals surface area (Å²) >= 11 is 0. The minimum Gasteiger partial charge on any atom is -0.457 e. The molecule has 3 aromatic rings. The van der Waals surface area contributed by atoms with E-state index in [1.807, 2.05) is 48.5 Å². The lowest BCUT2D eigenvalue weighted by Gasteiger charge is -2.17. The Morgan fingerprint density at radius 2 is 1.88 bits per heavy atom. The van der Waals surface area contributed by atoms with Crippen molar-refractivity contribution in [3.8, 4) is 28.8 Å². The van der Waals surface area contributed by atoms with Gasteiger partial charge in [0.2, 0.25) is 5.91 Å². The number of nitriles is 1. The molecular formula is C18H13N5O2. The number of aryl methyl sites for hydroxylation is 1. The van der Waals surface area contributed by atoms with Gasteiger partial charge in [0.25, 0.3) is 0 Å². The van der Waals surface area contributed by atoms with Crippen LogP contribution in [0.5, 0.6) is 11.5 Å². The quantitative estimate of drug-likeness (QED) is 0.768. The van der Waals surface area contributed by atoms with Crippen LogP contribution in [0.25, 0.3) is 11.3 Å². The predicted octanol–water partition coefficient (Wildman–Crippen LogP) is 3.02. The standard InChI is InChI=1S/C18H13N5O2/c19-10-16-18(22-23-21-16)11-1-4-13(5-2-11)25-14-6-7-15-12(9-14)3-8-17(24)20-15/h1-2,4-7,9H,3,8H2,(H,20,24)(H,21,22,23). The Hall–Kier alpha value is -3.66. The Morgan fingerprint density at radius 3 is 2.68 bits per heavy atom. The zero-order valence-electron chi connectivity index (χ0n) is 13.1. The number of rotatable bonds is 3. The smallest absolute Gasteiger partial charge is 0.224 e. The van der Waals surface area contributed by atoms with Crippen LogP contribution in [0, 0.1) is 11.3 Å². The van der Waals surface area contributed by atoms with Crippen molar-refractivity contribution < 1.29 is 9.53 Å². The summed E-state index contributed by atoms with van der Waals surface area (Å²) in [5.41, 5.74) is 3.53. The zero-order valence-corrected chi connectivity index (χ0v) is 13.1. The van der Waals surface area contributed by atoms with Gasteiger partial charge in [-0.3, -0.25) is 4.79 Å². The fraction of sp³-hybridized carbons (Fsp3) is 0.111. The highest BCUT2D eigenvalue weighted by Crippen LogP contribution is 2.30. The van der Waals surface area contributed by atoms with Crippen molar-refractivity contribution in [2.45, 2.75) is 12.8 Å². The highest BCUT2D eigenvalue weighted by Gasteiger charge is 2.15. The van der Waals surface area contributed by atoms with Crippen LogP contribution in [0.1, 0.15) is 17.7 Å². The minimum atomic E-state index is 0.0429. The van der Waals surface area contributed by atoms with Crippen LogP contribution in [-0.2, 0) is 11.2 Å². The van der Waals surface area contributed by atoms with E-state index in [2.05, 4.69) is 20.7 Å². The molecule has 1 aliphatic heterocycles. The van der Waals surface area contributed by atoms with E-state index in [1.54, 1.807) is 0 Å². The molecule has 0 fully saturated rings. The van der Waals surface area contributed by atoms with Crippen molar-refractivity contribution >= 4 is 11.6 Å². The van der Waals surface area contributed by atoms with E-state index >= 15 is 0 Å². The molecule has 0 unspecified atom stereocenters. The summed E-state index contributed by atoms with van der Waals surface area (Å²) in [5.74, 6) is 1.42. The molecule has 0 saturated heterocycles. The molecule has 0 spiro atoms. The fourth-order valence-electron chi connectivity index (χ4n) is 2.75. The molecule has 0 bridgehead atoms. The van der Waals surface area contributed by atoms with Crippen molar-refractivity contribution in [3.05, 3.63) is 53.7 Å². The number of hydrogen-bond donors (Lipinski definition) is 2. The second kappa shape index (κ2) is 6.09. The summed E-state index contributed by atoms with van der Waals surface area (Å²) in [7, 11) is 0. The molecule has 2 N–H and O–H groups in total. The molecule has 122 valence electrons. The maximum Gasteiger partial charge on any atom is 0.224 e. The topological polar surface area (TPSA) is 104 Å². The number of carbonyl (C=O) groups is 1. The number of nitrogens with one attached hydrogen (secondary N) is 2. The number of carbonyl (C=O) groups excluding carboxylic acids is 1. The lowest BCUT2D eigenvalue weighted by Crippen LogP contribution is -2.18. The van der Waals surface area contributed by atoms with Gasteiger partial charge in [0.1, 0.15) is 23.3 Å². The number of ether oxygens (including phenoxy) is 1. The summed E-state index contributed by atoms with van der Waals surface area (Å²) in [6.07, 6.45) is 1.20. The Morgan fingerprint density at radius 1 is 1.08 bits per heavy atom. The first-order chi connectivity index (χ1) is 12.2. The van der Waals surface area contributed by atoms with Gasteiger partial charge in [0.15, 0.2) is 5.69 Å². The van der Waals surface area contributed by atoms with Crippen molar-refractivity contribution in [1.82, 2.24) is 15.4 Å². The molecule has 25 heavy (non-hydrogen) atoms. The molecule has 7 nitrogen and oxygen atoms in total. The van der Waals surface area contributed by atoms with Crippen LogP contribution < -0.4 is 10.1 Å². The molecule has 1 aromatic heterocycles. The molecular weight excluding hydrogens is 318 g/mol. The molecule has 2 heterocycles. The number of nitrogens with zero attached hydrogens (tertiary/aromatic N) is 3. The van der Waals surface area contributed by atoms with Crippen molar-refractivity contribution in [2.75, 3.05) is 5.32 Å². The van der Waals surface area contributed by atoms with Gasteiger partial charge in [-0.2, -0.15) is 5.26 Å². The number of H-pyrrole nitrogens is 1. The number of amides is 1. The molecule has 2 aromatic carbocycles. The number of anilines is 1. The van der Waals surface area contributed by atoms with E-state index in [1.165, 1.54) is 0 Å². The summed E-state index contributed by atoms with van der Waals surface area (Å²) in [5, 5.41) is 22.0. The van der Waals surface area contributed by atoms with Gasteiger partial charge < -0.3 is 10.1 Å². The summed E-state index contributed by atoms with van der Waals surface area (Å²) in [6, 6.07) is 14.9. The first kappa shape index (κ1) is 14.9. The fourth-order valence-corrected chi connectivity index (χ4v) is 2.75. The average Bonchev–Trinajstić information content (AvgIpc) is 3.11. The van der Waals surface area contributed by atoms with Crippen LogP contribution >= 0.6 is 0 Å². The molecule has 1 amide bonds. The van der Waals surface area contributed by atoms with E-state index in [0.717, 1.165) is 16.8 Å². The first-order valence-corrected chi connectivity index (χ1v) is 7.75. The van der Waals surface area contributed by atoms with E-state index < -0.39 is 0 Å². The van der Waals surface area contributed by atoms with Gasteiger partial charge in [-0.15, -0.1) is 5.10 Å². The van der Waals surface area contributed by atoms with Crippen LogP contribution in [0.3, 0.4) is 0 Å². The zero-order chi connectivity index (χ0) is 17.2. The van der Waals surface area contributed by atoms with Gasteiger partial charge in [0, 0.05) is 17.7 Å². The van der Waals surface area contributed by atoms with Gasteiger partial charge in [-0.25, -0.2) is 5.10 Å². The number of aromatic amines is 1. The monoisotopic (exact) mass is 331 g/mol. The maximum atomic E-state index is 11.4. The normalized spacial score (nSPS) is 12.8. The predicted molar refractivity (Wildman–Crippen MR) is 90.0 cm³/mol. The highest BCUT2D eigenvalue weighted by molar-refractivity contribution is 5.94. The molecule has 1 aliphatic rings. The van der Waals surface area contributed by atoms with Crippen molar-refractivity contribution in [2.24, 2.45) is 0 Å². The summed E-state index contributed by atoms with van der Waals surface area (Å²) < 4.78 is 5.88. The number of fused-ring (bicyclic) bond motifs is 1. The molecule has 0 radical (unpaired) electrons. The first-order valence-electron chi connectivity index (χ1n) is 7.75. The van der Waals surface area contributed by atoms with Gasteiger partial charge in [0.05, 0.1) is 0 Å². The second-order valence-corrected chi connectivity index (χ2v) is 5.64. The molecule has 0 saturated carbocycles. The lowest BCUT2D eigenvalue weighted by atomic mass is 10.0. The number of hydrogen-bond acceptors (Lipinski definition) is 5. The van der Waals surface area contributed by atoms with Crippen molar-refractivity contribution in [1.29, 1.82) is 5.26 Å². The van der Waals surface area contributed by atoms with Gasteiger partial charge in [-0.05, 0) is 54.4 Å². The average molecular weight is 331 g/mol. The van der Waals surface area contributed by atoms with E-state index in [0.29, 0.717) is 35.7 Å². The van der Waals surface area contributed by atoms with E-state index in [9.17, 15) is 4.79 Å². The molecule has 7 heteroatoms. The maximum absolute atomic E-state index is 11.4. The molecule has 0 atom stereocenters. The second-order valence-electron chi connectivity index (χ2n) is 5.64. The Kier molecular flexibility index (Phi) is 3.63. The van der Waals surface area contributed by atoms with Gasteiger partial charge >= 0.3 is 0 Å². The third-order valence-corrected chi connectivity index (χ3v) is 4.00. The number of aromatic nitrogens is 3. The molecule has 4 rings (SSSR count). The van der Waals surface area contributed by atoms with E-state index in [4.69, 9.17) is 10.00 Å². The van der Waals surface area contributed by atoms with Crippen LogP contribution in [0.4, 0.5) is 5.69 Å². The van der Waals surface area contributed by atoms with Gasteiger partial charge in [-0.1, -0.05) is 5.21 Å². The number of benzene rings is 2. The minimum absolute atomic E-state index is 0.0429. The summed E-state index contributed by atoms with van der Waals surface area (Å²) in [4.78, 5) is 11.4. The largest absolute Gasteiger partial charge is 0.457 e. The SMILES string of the molecule is N#Cc1[nH]nnc1-c1ccc(Oc2ccc3c(c2)CCC(=O)N3)cc1. The summed E-state index contributed by atoms with van der Waals surface area (Å²) in [6.45, 7) is 0. The lowest BCUT2D eigenvalue weighted by molar-refractivity contribution is -0.116. The molecule has 0 aliphatic carbocycles. The Balaban J connectivity index is 1.54. The van der Waals surface area contributed by atoms with E-state index in [-0.39, 0.29) is 5.91 Å². The Bertz CT molecular complexity index is 985. The third kappa shape index (κ3) is 2.93.